The molecule has 0 aliphatic carbocycles. The van der Waals surface area contributed by atoms with E-state index in [1.807, 2.05) is 6.07 Å². The van der Waals surface area contributed by atoms with Gasteiger partial charge >= 0.3 is 6.03 Å². The summed E-state index contributed by atoms with van der Waals surface area (Å²) < 4.78 is 5.53. The Kier molecular flexibility index (Phi) is 5.43. The molecule has 1 aliphatic heterocycles. The first-order valence-corrected chi connectivity index (χ1v) is 7.05. The largest absolute Gasteiger partial charge is 0.478 e. The molecule has 0 bridgehead atoms. The standard InChI is InChI=1S/C13H19ClN4O2/c14-11-3-1-4-12(16-11)20-10-2-5-17-6-8-18(9-7-17)13(15)19/h1,3-4H,2,5-10H2,(H2,15,19). The van der Waals surface area contributed by atoms with Gasteiger partial charge in [0.05, 0.1) is 6.61 Å². The molecule has 0 spiro atoms. The van der Waals surface area contributed by atoms with E-state index in [0.717, 1.165) is 26.1 Å². The zero-order valence-electron chi connectivity index (χ0n) is 11.3. The van der Waals surface area contributed by atoms with Gasteiger partial charge in [0.1, 0.15) is 5.15 Å². The van der Waals surface area contributed by atoms with Crippen molar-refractivity contribution in [3.05, 3.63) is 23.4 Å². The zero-order valence-corrected chi connectivity index (χ0v) is 12.1. The van der Waals surface area contributed by atoms with Crippen molar-refractivity contribution < 1.29 is 9.53 Å². The van der Waals surface area contributed by atoms with Crippen molar-refractivity contribution in [3.8, 4) is 5.88 Å². The number of pyridine rings is 1. The van der Waals surface area contributed by atoms with E-state index in [0.29, 0.717) is 30.7 Å². The fraction of sp³-hybridized carbons (Fsp3) is 0.538. The molecule has 1 aromatic heterocycles. The maximum Gasteiger partial charge on any atom is 0.314 e. The molecule has 1 fully saturated rings. The van der Waals surface area contributed by atoms with Crippen LogP contribution in [0.25, 0.3) is 0 Å². The number of hydrogen-bond acceptors (Lipinski definition) is 4. The number of primary amides is 1. The lowest BCUT2D eigenvalue weighted by atomic mass is 10.3. The second-order valence-corrected chi connectivity index (χ2v) is 5.05. The van der Waals surface area contributed by atoms with Crippen molar-refractivity contribution in [3.63, 3.8) is 0 Å². The van der Waals surface area contributed by atoms with Gasteiger partial charge < -0.3 is 15.4 Å². The zero-order chi connectivity index (χ0) is 14.4. The normalized spacial score (nSPS) is 16.1. The van der Waals surface area contributed by atoms with Crippen molar-refractivity contribution >= 4 is 17.6 Å². The van der Waals surface area contributed by atoms with Crippen molar-refractivity contribution in [2.24, 2.45) is 5.73 Å². The number of carbonyl (C=O) groups is 1. The predicted octanol–water partition coefficient (Wildman–Crippen LogP) is 1.20. The number of nitrogens with zero attached hydrogens (tertiary/aromatic N) is 3. The van der Waals surface area contributed by atoms with Crippen LogP contribution in [0.5, 0.6) is 5.88 Å². The Bertz CT molecular complexity index is 450. The minimum Gasteiger partial charge on any atom is -0.478 e. The van der Waals surface area contributed by atoms with Crippen LogP contribution in [0.3, 0.4) is 0 Å². The number of halogens is 1. The van der Waals surface area contributed by atoms with Gasteiger partial charge in [-0.25, -0.2) is 9.78 Å². The minimum absolute atomic E-state index is 0.333. The smallest absolute Gasteiger partial charge is 0.314 e. The molecule has 2 amide bonds. The summed E-state index contributed by atoms with van der Waals surface area (Å²) in [5, 5.41) is 0.435. The van der Waals surface area contributed by atoms with Crippen LogP contribution < -0.4 is 10.5 Å². The lowest BCUT2D eigenvalue weighted by Crippen LogP contribution is -2.50. The van der Waals surface area contributed by atoms with Gasteiger partial charge in [-0.15, -0.1) is 0 Å². The summed E-state index contributed by atoms with van der Waals surface area (Å²) in [6.45, 7) is 4.66. The lowest BCUT2D eigenvalue weighted by molar-refractivity contribution is 0.138. The topological polar surface area (TPSA) is 71.7 Å². The summed E-state index contributed by atoms with van der Waals surface area (Å²) in [5.41, 5.74) is 5.24. The first-order valence-electron chi connectivity index (χ1n) is 6.67. The number of aromatic nitrogens is 1. The van der Waals surface area contributed by atoms with Gasteiger partial charge in [0.25, 0.3) is 0 Å². The van der Waals surface area contributed by atoms with E-state index in [2.05, 4.69) is 9.88 Å². The van der Waals surface area contributed by atoms with E-state index < -0.39 is 0 Å². The van der Waals surface area contributed by atoms with Gasteiger partial charge in [-0.1, -0.05) is 17.7 Å². The van der Waals surface area contributed by atoms with Crippen LogP contribution in [-0.4, -0.2) is 60.1 Å². The summed E-state index contributed by atoms with van der Waals surface area (Å²) in [6.07, 6.45) is 0.908. The molecule has 1 aromatic rings. The van der Waals surface area contributed by atoms with E-state index in [9.17, 15) is 4.79 Å². The Labute approximate surface area is 123 Å². The van der Waals surface area contributed by atoms with E-state index in [1.165, 1.54) is 0 Å². The number of piperazine rings is 1. The Morgan fingerprint density at radius 1 is 1.35 bits per heavy atom. The van der Waals surface area contributed by atoms with Gasteiger partial charge in [0.15, 0.2) is 0 Å². The molecule has 0 atom stereocenters. The molecule has 110 valence electrons. The molecule has 1 saturated heterocycles. The third-order valence-corrected chi connectivity index (χ3v) is 3.45. The summed E-state index contributed by atoms with van der Waals surface area (Å²) in [5.74, 6) is 0.552. The van der Waals surface area contributed by atoms with Crippen molar-refractivity contribution in [1.82, 2.24) is 14.8 Å². The molecule has 2 rings (SSSR count). The SMILES string of the molecule is NC(=O)N1CCN(CCCOc2cccc(Cl)n2)CC1. The van der Waals surface area contributed by atoms with Crippen molar-refractivity contribution in [2.75, 3.05) is 39.3 Å². The number of amides is 2. The van der Waals surface area contributed by atoms with E-state index in [4.69, 9.17) is 22.1 Å². The molecule has 2 heterocycles. The number of nitrogens with two attached hydrogens (primary N) is 1. The molecule has 7 heteroatoms. The highest BCUT2D eigenvalue weighted by Crippen LogP contribution is 2.11. The molecule has 0 saturated carbocycles. The quantitative estimate of drug-likeness (QED) is 0.655. The Hall–Kier alpha value is -1.53. The molecular formula is C13H19ClN4O2. The second kappa shape index (κ2) is 7.31. The monoisotopic (exact) mass is 298 g/mol. The van der Waals surface area contributed by atoms with Gasteiger partial charge in [-0.3, -0.25) is 4.90 Å². The third kappa shape index (κ3) is 4.54. The minimum atomic E-state index is -0.333. The van der Waals surface area contributed by atoms with E-state index in [-0.39, 0.29) is 6.03 Å². The Morgan fingerprint density at radius 3 is 2.75 bits per heavy atom. The van der Waals surface area contributed by atoms with Crippen LogP contribution in [0.4, 0.5) is 4.79 Å². The third-order valence-electron chi connectivity index (χ3n) is 3.24. The summed E-state index contributed by atoms with van der Waals surface area (Å²) >= 11 is 5.78. The van der Waals surface area contributed by atoms with Gasteiger partial charge in [0, 0.05) is 38.8 Å². The van der Waals surface area contributed by atoms with Crippen LogP contribution >= 0.6 is 11.6 Å². The van der Waals surface area contributed by atoms with Gasteiger partial charge in [-0.05, 0) is 12.5 Å². The Balaban J connectivity index is 1.61. The van der Waals surface area contributed by atoms with Crippen LogP contribution in [0.15, 0.2) is 18.2 Å². The highest BCUT2D eigenvalue weighted by Gasteiger charge is 2.18. The average Bonchev–Trinajstić information content (AvgIpc) is 2.44. The molecule has 2 N–H and O–H groups in total. The van der Waals surface area contributed by atoms with Crippen LogP contribution in [0, 0.1) is 0 Å². The number of hydrogen-bond donors (Lipinski definition) is 1. The van der Waals surface area contributed by atoms with Crippen LogP contribution in [0.1, 0.15) is 6.42 Å². The molecule has 0 radical (unpaired) electrons. The molecule has 20 heavy (non-hydrogen) atoms. The fourth-order valence-corrected chi connectivity index (χ4v) is 2.28. The summed E-state index contributed by atoms with van der Waals surface area (Å²) in [7, 11) is 0. The van der Waals surface area contributed by atoms with Crippen molar-refractivity contribution in [2.45, 2.75) is 6.42 Å². The fourth-order valence-electron chi connectivity index (χ4n) is 2.13. The molecule has 0 aromatic carbocycles. The maximum atomic E-state index is 11.0. The van der Waals surface area contributed by atoms with Crippen LogP contribution in [-0.2, 0) is 0 Å². The van der Waals surface area contributed by atoms with Crippen LogP contribution in [0.2, 0.25) is 5.15 Å². The number of urea groups is 1. The maximum absolute atomic E-state index is 11.0. The number of rotatable bonds is 5. The first-order chi connectivity index (χ1) is 9.65. The average molecular weight is 299 g/mol. The molecule has 0 unspecified atom stereocenters. The van der Waals surface area contributed by atoms with E-state index >= 15 is 0 Å². The highest BCUT2D eigenvalue weighted by molar-refractivity contribution is 6.29. The Morgan fingerprint density at radius 2 is 2.10 bits per heavy atom. The summed E-state index contributed by atoms with van der Waals surface area (Å²) in [4.78, 5) is 19.0. The summed E-state index contributed by atoms with van der Waals surface area (Å²) in [6, 6.07) is 4.98. The van der Waals surface area contributed by atoms with E-state index in [1.54, 1.807) is 17.0 Å². The second-order valence-electron chi connectivity index (χ2n) is 4.67. The molecule has 6 nitrogen and oxygen atoms in total. The first kappa shape index (κ1) is 14.9. The lowest BCUT2D eigenvalue weighted by Gasteiger charge is -2.33. The molecular weight excluding hydrogens is 280 g/mol. The van der Waals surface area contributed by atoms with Gasteiger partial charge in [0.2, 0.25) is 5.88 Å². The molecule has 1 aliphatic rings. The number of ether oxygens (including phenoxy) is 1. The predicted molar refractivity (Wildman–Crippen MR) is 77.0 cm³/mol. The number of carbonyl (C=O) groups excluding carboxylic acids is 1. The van der Waals surface area contributed by atoms with Crippen molar-refractivity contribution in [1.29, 1.82) is 0 Å². The van der Waals surface area contributed by atoms with Gasteiger partial charge in [-0.2, -0.15) is 0 Å². The highest BCUT2D eigenvalue weighted by atomic mass is 35.5.